The fraction of sp³-hybridized carbons (Fsp3) is 0.647. The van der Waals surface area contributed by atoms with Gasteiger partial charge in [0.15, 0.2) is 0 Å². The van der Waals surface area contributed by atoms with E-state index in [0.29, 0.717) is 0 Å². The van der Waals surface area contributed by atoms with Crippen LogP contribution >= 0.6 is 0 Å². The second kappa shape index (κ2) is 5.26. The van der Waals surface area contributed by atoms with E-state index in [0.717, 1.165) is 12.8 Å². The van der Waals surface area contributed by atoms with Crippen molar-refractivity contribution in [1.29, 1.82) is 0 Å². The van der Waals surface area contributed by atoms with Gasteiger partial charge in [0.2, 0.25) is 0 Å². The third-order valence-corrected chi connectivity index (χ3v) is 4.99. The Labute approximate surface area is 116 Å². The molecule has 0 aliphatic heterocycles. The molecular formula is C17H25NO. The van der Waals surface area contributed by atoms with Crippen LogP contribution in [-0.2, 0) is 24.0 Å². The van der Waals surface area contributed by atoms with Gasteiger partial charge in [0.1, 0.15) is 0 Å². The molecule has 2 N–H and O–H groups in total. The molecule has 0 radical (unpaired) electrons. The molecule has 2 aliphatic rings. The summed E-state index contributed by atoms with van der Waals surface area (Å²) in [6.45, 7) is 0. The highest BCUT2D eigenvalue weighted by Gasteiger charge is 2.38. The van der Waals surface area contributed by atoms with E-state index in [1.807, 2.05) is 7.11 Å². The van der Waals surface area contributed by atoms with Crippen LogP contribution in [0.5, 0.6) is 0 Å². The average molecular weight is 259 g/mol. The molecule has 1 fully saturated rings. The number of hydrogen-bond donors (Lipinski definition) is 1. The van der Waals surface area contributed by atoms with Gasteiger partial charge in [-0.2, -0.15) is 0 Å². The summed E-state index contributed by atoms with van der Waals surface area (Å²) in [7, 11) is 1.83. The Morgan fingerprint density at radius 3 is 2.68 bits per heavy atom. The van der Waals surface area contributed by atoms with Crippen molar-refractivity contribution in [2.45, 2.75) is 63.0 Å². The smallest absolute Gasteiger partial charge is 0.0693 e. The Balaban J connectivity index is 1.61. The van der Waals surface area contributed by atoms with E-state index in [4.69, 9.17) is 10.5 Å². The third-order valence-electron chi connectivity index (χ3n) is 4.99. The third kappa shape index (κ3) is 2.70. The van der Waals surface area contributed by atoms with Crippen molar-refractivity contribution < 1.29 is 4.74 Å². The predicted molar refractivity (Wildman–Crippen MR) is 78.4 cm³/mol. The fourth-order valence-corrected chi connectivity index (χ4v) is 3.67. The van der Waals surface area contributed by atoms with Crippen molar-refractivity contribution in [3.8, 4) is 0 Å². The van der Waals surface area contributed by atoms with Gasteiger partial charge in [0, 0.05) is 13.2 Å². The largest absolute Gasteiger partial charge is 0.378 e. The molecule has 2 nitrogen and oxygen atoms in total. The normalized spacial score (nSPS) is 21.8. The molecular weight excluding hydrogens is 234 g/mol. The molecule has 2 heteroatoms. The Morgan fingerprint density at radius 1 is 1.21 bits per heavy atom. The van der Waals surface area contributed by atoms with Crippen molar-refractivity contribution in [2.75, 3.05) is 7.11 Å². The molecule has 1 atom stereocenters. The summed E-state index contributed by atoms with van der Waals surface area (Å²) in [5, 5.41) is 0. The van der Waals surface area contributed by atoms with E-state index in [1.165, 1.54) is 44.1 Å². The van der Waals surface area contributed by atoms with Gasteiger partial charge in [-0.05, 0) is 68.1 Å². The summed E-state index contributed by atoms with van der Waals surface area (Å²) in [4.78, 5) is 0. The highest BCUT2D eigenvalue weighted by molar-refractivity contribution is 5.35. The van der Waals surface area contributed by atoms with Crippen molar-refractivity contribution in [3.63, 3.8) is 0 Å². The first-order valence-corrected chi connectivity index (χ1v) is 7.62. The van der Waals surface area contributed by atoms with Crippen LogP contribution in [0.25, 0.3) is 0 Å². The van der Waals surface area contributed by atoms with Crippen molar-refractivity contribution in [2.24, 2.45) is 5.73 Å². The highest BCUT2D eigenvalue weighted by atomic mass is 16.5. The monoisotopic (exact) mass is 259 g/mol. The minimum atomic E-state index is 0.0934. The molecule has 1 unspecified atom stereocenters. The number of methoxy groups -OCH3 is 1. The van der Waals surface area contributed by atoms with E-state index in [2.05, 4.69) is 18.2 Å². The number of hydrogen-bond acceptors (Lipinski definition) is 2. The summed E-state index contributed by atoms with van der Waals surface area (Å²) in [6.07, 6.45) is 9.47. The van der Waals surface area contributed by atoms with Crippen LogP contribution in [0, 0.1) is 0 Å². The lowest BCUT2D eigenvalue weighted by Crippen LogP contribution is -2.45. The lowest BCUT2D eigenvalue weighted by atomic mass is 9.75. The summed E-state index contributed by atoms with van der Waals surface area (Å²) in [5.74, 6) is 0. The van der Waals surface area contributed by atoms with E-state index >= 15 is 0 Å². The first-order chi connectivity index (χ1) is 9.21. The zero-order valence-corrected chi connectivity index (χ0v) is 12.0. The van der Waals surface area contributed by atoms with Crippen molar-refractivity contribution in [1.82, 2.24) is 0 Å². The Hall–Kier alpha value is -0.860. The number of ether oxygens (including phenoxy) is 1. The van der Waals surface area contributed by atoms with Crippen LogP contribution < -0.4 is 5.73 Å². The lowest BCUT2D eigenvalue weighted by Gasteiger charge is -2.42. The van der Waals surface area contributed by atoms with Crippen molar-refractivity contribution >= 4 is 0 Å². The first kappa shape index (κ1) is 13.1. The van der Waals surface area contributed by atoms with Gasteiger partial charge >= 0.3 is 0 Å². The van der Waals surface area contributed by atoms with Gasteiger partial charge in [-0.15, -0.1) is 0 Å². The van der Waals surface area contributed by atoms with Crippen LogP contribution in [-0.4, -0.2) is 18.8 Å². The second-order valence-electron chi connectivity index (χ2n) is 6.37. The van der Waals surface area contributed by atoms with Gasteiger partial charge in [0.25, 0.3) is 0 Å². The molecule has 1 saturated carbocycles. The maximum absolute atomic E-state index is 6.34. The summed E-state index contributed by atoms with van der Waals surface area (Å²) in [5.41, 5.74) is 10.9. The van der Waals surface area contributed by atoms with E-state index in [-0.39, 0.29) is 11.6 Å². The lowest BCUT2D eigenvalue weighted by molar-refractivity contribution is -0.0813. The average Bonchev–Trinajstić information content (AvgIpc) is 2.81. The molecule has 0 bridgehead atoms. The molecule has 0 saturated heterocycles. The second-order valence-corrected chi connectivity index (χ2v) is 6.37. The van der Waals surface area contributed by atoms with Gasteiger partial charge in [-0.3, -0.25) is 0 Å². The summed E-state index contributed by atoms with van der Waals surface area (Å²) in [6, 6.07) is 7.17. The molecule has 2 aliphatic carbocycles. The van der Waals surface area contributed by atoms with Crippen LogP contribution in [0.3, 0.4) is 0 Å². The van der Waals surface area contributed by atoms with Crippen LogP contribution in [0.15, 0.2) is 18.2 Å². The molecule has 0 amide bonds. The molecule has 1 aromatic carbocycles. The minimum absolute atomic E-state index is 0.0934. The maximum atomic E-state index is 6.34. The zero-order valence-electron chi connectivity index (χ0n) is 12.0. The molecule has 0 spiro atoms. The number of nitrogens with two attached hydrogens (primary N) is 1. The van der Waals surface area contributed by atoms with E-state index in [9.17, 15) is 0 Å². The Morgan fingerprint density at radius 2 is 2.00 bits per heavy atom. The minimum Gasteiger partial charge on any atom is -0.378 e. The number of aryl methyl sites for hydroxylation is 2. The molecule has 3 rings (SSSR count). The number of benzene rings is 1. The van der Waals surface area contributed by atoms with E-state index in [1.54, 1.807) is 11.1 Å². The van der Waals surface area contributed by atoms with Crippen LogP contribution in [0.4, 0.5) is 0 Å². The first-order valence-electron chi connectivity index (χ1n) is 7.62. The Bertz CT molecular complexity index is 445. The van der Waals surface area contributed by atoms with Gasteiger partial charge in [-0.25, -0.2) is 0 Å². The molecule has 19 heavy (non-hydrogen) atoms. The maximum Gasteiger partial charge on any atom is 0.0693 e. The molecule has 1 aromatic rings. The standard InChI is InChI=1S/C17H25NO/c1-19-17(8-3-9-17)12-16(18)11-13-6-7-14-4-2-5-15(14)10-13/h6-7,10,16H,2-5,8-9,11-12,18H2,1H3. The molecule has 0 aromatic heterocycles. The van der Waals surface area contributed by atoms with Crippen LogP contribution in [0.1, 0.15) is 48.8 Å². The topological polar surface area (TPSA) is 35.2 Å². The highest BCUT2D eigenvalue weighted by Crippen LogP contribution is 2.39. The van der Waals surface area contributed by atoms with Crippen LogP contribution in [0.2, 0.25) is 0 Å². The van der Waals surface area contributed by atoms with E-state index < -0.39 is 0 Å². The number of fused-ring (bicyclic) bond motifs is 1. The summed E-state index contributed by atoms with van der Waals surface area (Å²) < 4.78 is 5.68. The SMILES string of the molecule is COC1(CC(N)Cc2ccc3c(c2)CCC3)CCC1. The zero-order chi connectivity index (χ0) is 13.3. The van der Waals surface area contributed by atoms with Crippen molar-refractivity contribution in [3.05, 3.63) is 34.9 Å². The molecule has 0 heterocycles. The molecule has 104 valence electrons. The summed E-state index contributed by atoms with van der Waals surface area (Å²) >= 11 is 0. The quantitative estimate of drug-likeness (QED) is 0.882. The van der Waals surface area contributed by atoms with Gasteiger partial charge in [-0.1, -0.05) is 18.2 Å². The fourth-order valence-electron chi connectivity index (χ4n) is 3.67. The Kier molecular flexibility index (Phi) is 3.64. The van der Waals surface area contributed by atoms with Gasteiger partial charge in [0.05, 0.1) is 5.60 Å². The predicted octanol–water partition coefficient (Wildman–Crippen LogP) is 3.00. The number of rotatable bonds is 5. The van der Waals surface area contributed by atoms with Gasteiger partial charge < -0.3 is 10.5 Å².